The fourth-order valence-electron chi connectivity index (χ4n) is 1.25. The van der Waals surface area contributed by atoms with Gasteiger partial charge in [0.1, 0.15) is 17.4 Å². The van der Waals surface area contributed by atoms with Crippen molar-refractivity contribution in [3.63, 3.8) is 0 Å². The number of amides is 1. The number of aliphatic carboxylic acids is 1. The molecule has 1 aromatic heterocycles. The number of rotatable bonds is 4. The van der Waals surface area contributed by atoms with Gasteiger partial charge in [-0.05, 0) is 12.8 Å². The quantitative estimate of drug-likeness (QED) is 0.792. The molecule has 6 nitrogen and oxygen atoms in total. The molecule has 16 heavy (non-hydrogen) atoms. The van der Waals surface area contributed by atoms with Crippen LogP contribution in [0.1, 0.15) is 30.0 Å². The molecule has 2 N–H and O–H groups in total. The lowest BCUT2D eigenvalue weighted by molar-refractivity contribution is -0.140. The molecule has 0 saturated carbocycles. The van der Waals surface area contributed by atoms with Crippen molar-refractivity contribution in [3.8, 4) is 0 Å². The summed E-state index contributed by atoms with van der Waals surface area (Å²) in [5, 5.41) is 14.8. The number of hydrogen-bond acceptors (Lipinski definition) is 4. The van der Waals surface area contributed by atoms with E-state index in [0.29, 0.717) is 5.76 Å². The van der Waals surface area contributed by atoms with Crippen LogP contribution in [0.15, 0.2) is 10.7 Å². The summed E-state index contributed by atoms with van der Waals surface area (Å²) >= 11 is 0. The lowest BCUT2D eigenvalue weighted by atomic mass is 10.0. The molecule has 0 bridgehead atoms. The van der Waals surface area contributed by atoms with Crippen LogP contribution < -0.4 is 5.32 Å². The highest BCUT2D eigenvalue weighted by molar-refractivity contribution is 5.97. The fraction of sp³-hybridized carbons (Fsp3) is 0.500. The van der Waals surface area contributed by atoms with E-state index in [2.05, 4.69) is 10.5 Å². The second-order valence-electron chi connectivity index (χ2n) is 3.83. The number of carboxylic acids is 1. The molecule has 1 heterocycles. The van der Waals surface area contributed by atoms with E-state index in [1.807, 2.05) is 0 Å². The number of hydrogen-bond donors (Lipinski definition) is 2. The lowest BCUT2D eigenvalue weighted by Crippen LogP contribution is -2.44. The molecule has 0 spiro atoms. The SMILES string of the molecule is Cc1oncc1C(=O)NC(C(=O)O)C(C)C. The van der Waals surface area contributed by atoms with Crippen LogP contribution in [0.5, 0.6) is 0 Å². The highest BCUT2D eigenvalue weighted by atomic mass is 16.5. The fourth-order valence-corrected chi connectivity index (χ4v) is 1.25. The summed E-state index contributed by atoms with van der Waals surface area (Å²) in [6.07, 6.45) is 1.27. The monoisotopic (exact) mass is 226 g/mol. The third kappa shape index (κ3) is 2.59. The topological polar surface area (TPSA) is 92.4 Å². The van der Waals surface area contributed by atoms with Gasteiger partial charge in [0, 0.05) is 0 Å². The second-order valence-corrected chi connectivity index (χ2v) is 3.83. The van der Waals surface area contributed by atoms with Gasteiger partial charge < -0.3 is 14.9 Å². The van der Waals surface area contributed by atoms with Gasteiger partial charge in [0.25, 0.3) is 5.91 Å². The maximum absolute atomic E-state index is 11.7. The Morgan fingerprint density at radius 1 is 1.50 bits per heavy atom. The van der Waals surface area contributed by atoms with Crippen molar-refractivity contribution in [3.05, 3.63) is 17.5 Å². The van der Waals surface area contributed by atoms with Crippen LogP contribution in [0, 0.1) is 12.8 Å². The molecule has 6 heteroatoms. The molecular weight excluding hydrogens is 212 g/mol. The average molecular weight is 226 g/mol. The van der Waals surface area contributed by atoms with Gasteiger partial charge in [-0.25, -0.2) is 4.79 Å². The third-order valence-corrected chi connectivity index (χ3v) is 2.21. The first-order valence-electron chi connectivity index (χ1n) is 4.88. The molecule has 0 aromatic carbocycles. The van der Waals surface area contributed by atoms with Gasteiger partial charge in [0.05, 0.1) is 6.20 Å². The molecular formula is C10H14N2O4. The van der Waals surface area contributed by atoms with Gasteiger partial charge >= 0.3 is 5.97 Å². The number of carboxylic acid groups (broad SMARTS) is 1. The van der Waals surface area contributed by atoms with E-state index in [1.54, 1.807) is 20.8 Å². The van der Waals surface area contributed by atoms with Crippen molar-refractivity contribution in [2.45, 2.75) is 26.8 Å². The summed E-state index contributed by atoms with van der Waals surface area (Å²) in [4.78, 5) is 22.5. The van der Waals surface area contributed by atoms with Crippen LogP contribution in [0.4, 0.5) is 0 Å². The Bertz CT molecular complexity index is 397. The number of carbonyl (C=O) groups excluding carboxylic acids is 1. The van der Waals surface area contributed by atoms with E-state index >= 15 is 0 Å². The summed E-state index contributed by atoms with van der Waals surface area (Å²) in [6.45, 7) is 5.03. The first-order valence-corrected chi connectivity index (χ1v) is 4.88. The molecule has 0 fully saturated rings. The minimum absolute atomic E-state index is 0.193. The zero-order valence-corrected chi connectivity index (χ0v) is 9.35. The van der Waals surface area contributed by atoms with Crippen molar-refractivity contribution < 1.29 is 19.2 Å². The Hall–Kier alpha value is -1.85. The number of nitrogens with one attached hydrogen (secondary N) is 1. The largest absolute Gasteiger partial charge is 0.480 e. The summed E-state index contributed by atoms with van der Waals surface area (Å²) in [5.74, 6) is -1.37. The van der Waals surface area contributed by atoms with E-state index < -0.39 is 17.9 Å². The molecule has 0 aliphatic rings. The van der Waals surface area contributed by atoms with Crippen molar-refractivity contribution >= 4 is 11.9 Å². The Labute approximate surface area is 92.6 Å². The molecule has 1 aromatic rings. The zero-order chi connectivity index (χ0) is 12.3. The Balaban J connectivity index is 2.77. The summed E-state index contributed by atoms with van der Waals surface area (Å²) in [5.41, 5.74) is 0.256. The number of nitrogens with zero attached hydrogens (tertiary/aromatic N) is 1. The Morgan fingerprint density at radius 2 is 2.12 bits per heavy atom. The smallest absolute Gasteiger partial charge is 0.326 e. The molecule has 1 unspecified atom stereocenters. The zero-order valence-electron chi connectivity index (χ0n) is 9.35. The third-order valence-electron chi connectivity index (χ3n) is 2.21. The van der Waals surface area contributed by atoms with Crippen LogP contribution in [-0.4, -0.2) is 28.2 Å². The summed E-state index contributed by atoms with van der Waals surface area (Å²) in [7, 11) is 0. The summed E-state index contributed by atoms with van der Waals surface area (Å²) < 4.78 is 4.73. The van der Waals surface area contributed by atoms with E-state index in [-0.39, 0.29) is 11.5 Å². The Kier molecular flexibility index (Phi) is 3.65. The van der Waals surface area contributed by atoms with Crippen molar-refractivity contribution in [2.75, 3.05) is 0 Å². The van der Waals surface area contributed by atoms with Crippen molar-refractivity contribution in [1.82, 2.24) is 10.5 Å². The van der Waals surface area contributed by atoms with E-state index in [4.69, 9.17) is 9.63 Å². The molecule has 0 aliphatic heterocycles. The van der Waals surface area contributed by atoms with Gasteiger partial charge in [-0.2, -0.15) is 0 Å². The molecule has 0 radical (unpaired) electrons. The van der Waals surface area contributed by atoms with Crippen LogP contribution >= 0.6 is 0 Å². The molecule has 0 aliphatic carbocycles. The second kappa shape index (κ2) is 4.78. The minimum atomic E-state index is -1.06. The van der Waals surface area contributed by atoms with Crippen molar-refractivity contribution in [1.29, 1.82) is 0 Å². The highest BCUT2D eigenvalue weighted by Crippen LogP contribution is 2.08. The first-order chi connectivity index (χ1) is 7.43. The van der Waals surface area contributed by atoms with Gasteiger partial charge in [-0.1, -0.05) is 19.0 Å². The van der Waals surface area contributed by atoms with Gasteiger partial charge in [-0.3, -0.25) is 4.79 Å². The van der Waals surface area contributed by atoms with Gasteiger partial charge in [-0.15, -0.1) is 0 Å². The van der Waals surface area contributed by atoms with Crippen LogP contribution in [0.2, 0.25) is 0 Å². The molecule has 1 rings (SSSR count). The predicted octanol–water partition coefficient (Wildman–Crippen LogP) is 0.822. The van der Waals surface area contributed by atoms with Gasteiger partial charge in [0.2, 0.25) is 0 Å². The van der Waals surface area contributed by atoms with Crippen LogP contribution in [0.3, 0.4) is 0 Å². The lowest BCUT2D eigenvalue weighted by Gasteiger charge is -2.17. The maximum Gasteiger partial charge on any atom is 0.326 e. The average Bonchev–Trinajstić information content (AvgIpc) is 2.59. The molecule has 1 amide bonds. The van der Waals surface area contributed by atoms with E-state index in [1.165, 1.54) is 6.20 Å². The normalized spacial score (nSPS) is 12.5. The predicted molar refractivity (Wildman–Crippen MR) is 55.0 cm³/mol. The van der Waals surface area contributed by atoms with Crippen LogP contribution in [-0.2, 0) is 4.79 Å². The van der Waals surface area contributed by atoms with Crippen molar-refractivity contribution in [2.24, 2.45) is 5.92 Å². The number of aryl methyl sites for hydroxylation is 1. The van der Waals surface area contributed by atoms with Gasteiger partial charge in [0.15, 0.2) is 0 Å². The number of aromatic nitrogens is 1. The standard InChI is InChI=1S/C10H14N2O4/c1-5(2)8(10(14)15)12-9(13)7-4-11-16-6(7)3/h4-5,8H,1-3H3,(H,12,13)(H,14,15). The first kappa shape index (κ1) is 12.2. The highest BCUT2D eigenvalue weighted by Gasteiger charge is 2.25. The van der Waals surface area contributed by atoms with Crippen LogP contribution in [0.25, 0.3) is 0 Å². The summed E-state index contributed by atoms with van der Waals surface area (Å²) in [6, 6.07) is -0.915. The minimum Gasteiger partial charge on any atom is -0.480 e. The molecule has 0 saturated heterocycles. The van der Waals surface area contributed by atoms with E-state index in [9.17, 15) is 9.59 Å². The maximum atomic E-state index is 11.7. The molecule has 1 atom stereocenters. The Morgan fingerprint density at radius 3 is 2.50 bits per heavy atom. The molecule has 88 valence electrons. The van der Waals surface area contributed by atoms with E-state index in [0.717, 1.165) is 0 Å². The number of carbonyl (C=O) groups is 2.